The van der Waals surface area contributed by atoms with Gasteiger partial charge in [0.1, 0.15) is 5.82 Å². The van der Waals surface area contributed by atoms with Crippen LogP contribution in [0.5, 0.6) is 0 Å². The van der Waals surface area contributed by atoms with Gasteiger partial charge in [-0.3, -0.25) is 4.79 Å². The van der Waals surface area contributed by atoms with Gasteiger partial charge in [-0.25, -0.2) is 4.98 Å². The SMILES string of the molecule is Cn1c(C(C)(C)NC(=O)c2c(Sc3ccccc3)cccc2Sc2ccccc2)nc2ccccc21. The van der Waals surface area contributed by atoms with Gasteiger partial charge < -0.3 is 9.88 Å². The molecule has 36 heavy (non-hydrogen) atoms. The van der Waals surface area contributed by atoms with Crippen molar-refractivity contribution in [3.05, 3.63) is 115 Å². The van der Waals surface area contributed by atoms with E-state index in [0.29, 0.717) is 5.56 Å². The monoisotopic (exact) mass is 509 g/mol. The first-order valence-electron chi connectivity index (χ1n) is 11.8. The van der Waals surface area contributed by atoms with Crippen LogP contribution >= 0.6 is 23.5 Å². The summed E-state index contributed by atoms with van der Waals surface area (Å²) in [6.45, 7) is 4.01. The average molecular weight is 510 g/mol. The molecule has 1 aromatic heterocycles. The first-order chi connectivity index (χ1) is 17.4. The Balaban J connectivity index is 1.53. The highest BCUT2D eigenvalue weighted by Crippen LogP contribution is 2.38. The summed E-state index contributed by atoms with van der Waals surface area (Å²) in [4.78, 5) is 22.9. The second-order valence-corrected chi connectivity index (χ2v) is 11.3. The Bertz CT molecular complexity index is 1450. The van der Waals surface area contributed by atoms with E-state index < -0.39 is 5.54 Å². The molecular formula is C30H27N3OS2. The fourth-order valence-corrected chi connectivity index (χ4v) is 6.30. The fourth-order valence-electron chi connectivity index (χ4n) is 4.24. The second kappa shape index (κ2) is 10.2. The number of fused-ring (bicyclic) bond motifs is 1. The number of amides is 1. The molecule has 180 valence electrons. The molecule has 0 spiro atoms. The van der Waals surface area contributed by atoms with Crippen molar-refractivity contribution >= 4 is 40.5 Å². The van der Waals surface area contributed by atoms with E-state index in [2.05, 4.69) is 34.1 Å². The highest BCUT2D eigenvalue weighted by Gasteiger charge is 2.31. The third kappa shape index (κ3) is 5.06. The number of aryl methyl sites for hydroxylation is 1. The van der Waals surface area contributed by atoms with Crippen molar-refractivity contribution in [1.29, 1.82) is 0 Å². The van der Waals surface area contributed by atoms with Gasteiger partial charge in [-0.15, -0.1) is 0 Å². The van der Waals surface area contributed by atoms with Crippen molar-refractivity contribution in [3.8, 4) is 0 Å². The van der Waals surface area contributed by atoms with Gasteiger partial charge in [0.05, 0.1) is 22.1 Å². The third-order valence-electron chi connectivity index (χ3n) is 5.93. The van der Waals surface area contributed by atoms with Gasteiger partial charge in [0.2, 0.25) is 0 Å². The van der Waals surface area contributed by atoms with E-state index in [-0.39, 0.29) is 5.91 Å². The summed E-state index contributed by atoms with van der Waals surface area (Å²) in [5.41, 5.74) is 1.93. The van der Waals surface area contributed by atoms with Crippen LogP contribution in [-0.4, -0.2) is 15.5 Å². The zero-order valence-electron chi connectivity index (χ0n) is 20.4. The van der Waals surface area contributed by atoms with Gasteiger partial charge in [0.15, 0.2) is 0 Å². The highest BCUT2D eigenvalue weighted by atomic mass is 32.2. The largest absolute Gasteiger partial charge is 0.340 e. The molecule has 0 fully saturated rings. The smallest absolute Gasteiger partial charge is 0.254 e. The number of nitrogens with one attached hydrogen (secondary N) is 1. The summed E-state index contributed by atoms with van der Waals surface area (Å²) in [5.74, 6) is 0.687. The van der Waals surface area contributed by atoms with Crippen molar-refractivity contribution in [2.24, 2.45) is 7.05 Å². The molecule has 0 bridgehead atoms. The molecular weight excluding hydrogens is 482 g/mol. The van der Waals surface area contributed by atoms with Gasteiger partial charge in [-0.1, -0.05) is 78.1 Å². The van der Waals surface area contributed by atoms with Crippen LogP contribution in [0.25, 0.3) is 11.0 Å². The van der Waals surface area contributed by atoms with Crippen LogP contribution in [0, 0.1) is 0 Å². The topological polar surface area (TPSA) is 46.9 Å². The summed E-state index contributed by atoms with van der Waals surface area (Å²) < 4.78 is 2.06. The number of carbonyl (C=O) groups excluding carboxylic acids is 1. The predicted molar refractivity (Wildman–Crippen MR) is 149 cm³/mol. The molecule has 0 saturated carbocycles. The summed E-state index contributed by atoms with van der Waals surface area (Å²) >= 11 is 3.20. The number of benzene rings is 4. The van der Waals surface area contributed by atoms with Gasteiger partial charge in [-0.2, -0.15) is 0 Å². The Morgan fingerprint density at radius 3 is 1.83 bits per heavy atom. The van der Waals surface area contributed by atoms with Crippen LogP contribution in [0.1, 0.15) is 30.0 Å². The van der Waals surface area contributed by atoms with E-state index >= 15 is 0 Å². The summed E-state index contributed by atoms with van der Waals surface area (Å²) in [6.07, 6.45) is 0. The quantitative estimate of drug-likeness (QED) is 0.246. The minimum Gasteiger partial charge on any atom is -0.340 e. The van der Waals surface area contributed by atoms with Crippen molar-refractivity contribution in [2.75, 3.05) is 0 Å². The molecule has 0 atom stereocenters. The lowest BCUT2D eigenvalue weighted by atomic mass is 10.0. The normalized spacial score (nSPS) is 11.5. The van der Waals surface area contributed by atoms with Crippen molar-refractivity contribution in [1.82, 2.24) is 14.9 Å². The van der Waals surface area contributed by atoms with Gasteiger partial charge in [0, 0.05) is 26.6 Å². The van der Waals surface area contributed by atoms with Crippen LogP contribution in [-0.2, 0) is 12.6 Å². The molecule has 0 aliphatic carbocycles. The summed E-state index contributed by atoms with van der Waals surface area (Å²) in [7, 11) is 1.99. The molecule has 0 saturated heterocycles. The zero-order valence-corrected chi connectivity index (χ0v) is 22.1. The summed E-state index contributed by atoms with van der Waals surface area (Å²) in [6, 6.07) is 34.4. The molecule has 0 aliphatic rings. The zero-order chi connectivity index (χ0) is 25.1. The van der Waals surface area contributed by atoms with Crippen LogP contribution < -0.4 is 5.32 Å². The Kier molecular flexibility index (Phi) is 6.90. The molecule has 1 amide bonds. The summed E-state index contributed by atoms with van der Waals surface area (Å²) in [5, 5.41) is 3.29. The van der Waals surface area contributed by atoms with E-state index in [1.165, 1.54) is 0 Å². The molecule has 6 heteroatoms. The molecule has 1 heterocycles. The van der Waals surface area contributed by atoms with E-state index in [4.69, 9.17) is 4.98 Å². The van der Waals surface area contributed by atoms with Crippen molar-refractivity contribution < 1.29 is 4.79 Å². The second-order valence-electron chi connectivity index (χ2n) is 9.02. The van der Waals surface area contributed by atoms with Gasteiger partial charge in [0.25, 0.3) is 5.91 Å². The molecule has 4 aromatic carbocycles. The number of rotatable bonds is 7. The maximum Gasteiger partial charge on any atom is 0.254 e. The van der Waals surface area contributed by atoms with Crippen molar-refractivity contribution in [2.45, 2.75) is 39.0 Å². The molecule has 5 aromatic rings. The average Bonchev–Trinajstić information content (AvgIpc) is 3.23. The van der Waals surface area contributed by atoms with Crippen LogP contribution in [0.4, 0.5) is 0 Å². The lowest BCUT2D eigenvalue weighted by Crippen LogP contribution is -2.43. The number of hydrogen-bond donors (Lipinski definition) is 1. The van der Waals surface area contributed by atoms with Gasteiger partial charge >= 0.3 is 0 Å². The first kappa shape index (κ1) is 24.2. The predicted octanol–water partition coefficient (Wildman–Crippen LogP) is 7.54. The van der Waals surface area contributed by atoms with Crippen molar-refractivity contribution in [3.63, 3.8) is 0 Å². The number of imidazole rings is 1. The fraction of sp³-hybridized carbons (Fsp3) is 0.133. The number of aromatic nitrogens is 2. The highest BCUT2D eigenvalue weighted by molar-refractivity contribution is 8.00. The number of para-hydroxylation sites is 2. The Morgan fingerprint density at radius 1 is 0.750 bits per heavy atom. The third-order valence-corrected chi connectivity index (χ3v) is 8.07. The van der Waals surface area contributed by atoms with Gasteiger partial charge in [-0.05, 0) is 62.4 Å². The van der Waals surface area contributed by atoms with E-state index in [1.54, 1.807) is 23.5 Å². The van der Waals surface area contributed by atoms with Crippen LogP contribution in [0.3, 0.4) is 0 Å². The van der Waals surface area contributed by atoms with Crippen LogP contribution in [0.2, 0.25) is 0 Å². The van der Waals surface area contributed by atoms with E-state index in [0.717, 1.165) is 36.4 Å². The minimum absolute atomic E-state index is 0.121. The Hall–Kier alpha value is -3.48. The number of carbonyl (C=O) groups is 1. The molecule has 1 N–H and O–H groups in total. The van der Waals surface area contributed by atoms with Crippen LogP contribution in [0.15, 0.2) is 123 Å². The lowest BCUT2D eigenvalue weighted by molar-refractivity contribution is 0.0901. The molecule has 0 unspecified atom stereocenters. The minimum atomic E-state index is -0.690. The van der Waals surface area contributed by atoms with E-state index in [9.17, 15) is 4.79 Å². The lowest BCUT2D eigenvalue weighted by Gasteiger charge is -2.27. The molecule has 5 rings (SSSR count). The number of nitrogens with zero attached hydrogens (tertiary/aromatic N) is 2. The Labute approximate surface area is 220 Å². The van der Waals surface area contributed by atoms with E-state index in [1.807, 2.05) is 99.8 Å². The molecule has 4 nitrogen and oxygen atoms in total. The maximum absolute atomic E-state index is 14.0. The molecule has 0 aliphatic heterocycles. The number of hydrogen-bond acceptors (Lipinski definition) is 4. The first-order valence-corrected chi connectivity index (χ1v) is 13.4. The standard InChI is InChI=1S/C30H27N3OS2/c1-30(2,29-31-23-17-10-11-18-24(23)33(29)3)32-28(34)27-25(35-21-13-6-4-7-14-21)19-12-20-26(27)36-22-15-8-5-9-16-22/h4-20H,1-3H3,(H,32,34). The Morgan fingerprint density at radius 2 is 1.28 bits per heavy atom. The molecule has 0 radical (unpaired) electrons. The maximum atomic E-state index is 14.0.